The molecule has 0 aromatic heterocycles. The molecule has 0 aromatic carbocycles. The average Bonchev–Trinajstić information content (AvgIpc) is 2.26. The van der Waals surface area contributed by atoms with Crippen molar-refractivity contribution in [1.82, 2.24) is 0 Å². The lowest BCUT2D eigenvalue weighted by Crippen LogP contribution is -2.58. The van der Waals surface area contributed by atoms with Gasteiger partial charge in [0.05, 0.1) is 0 Å². The van der Waals surface area contributed by atoms with Crippen LogP contribution in [0.5, 0.6) is 0 Å². The van der Waals surface area contributed by atoms with E-state index in [2.05, 4.69) is 0 Å². The molecule has 27 heavy (non-hydrogen) atoms. The van der Waals surface area contributed by atoms with E-state index in [9.17, 15) is 26.3 Å². The maximum absolute atomic E-state index is 12.9. The molecule has 0 aliphatic rings. The fourth-order valence-electron chi connectivity index (χ4n) is 2.78. The molecule has 0 radical (unpaired) electrons. The Balaban J connectivity index is 5.85. The van der Waals surface area contributed by atoms with Gasteiger partial charge in [0, 0.05) is 12.8 Å². The van der Waals surface area contributed by atoms with Crippen molar-refractivity contribution in [2.24, 2.45) is 0 Å². The number of hydrogen-bond acceptors (Lipinski definition) is 3. The van der Waals surface area contributed by atoms with Crippen LogP contribution in [-0.2, 0) is 12.3 Å². The summed E-state index contributed by atoms with van der Waals surface area (Å²) in [5.74, 6) is 0. The molecule has 0 aromatic rings. The van der Waals surface area contributed by atoms with Crippen molar-refractivity contribution < 1.29 is 38.7 Å². The minimum atomic E-state index is -4.49. The molecule has 0 aliphatic carbocycles. The lowest BCUT2D eigenvalue weighted by atomic mass is 10.5. The van der Waals surface area contributed by atoms with Crippen LogP contribution in [0.25, 0.3) is 0 Å². The van der Waals surface area contributed by atoms with Crippen LogP contribution in [0.2, 0.25) is 64.5 Å². The first-order chi connectivity index (χ1) is 11.5. The quantitative estimate of drug-likeness (QED) is 0.259. The van der Waals surface area contributed by atoms with Crippen molar-refractivity contribution >= 4 is 33.8 Å². The lowest BCUT2D eigenvalue weighted by Gasteiger charge is -2.43. The van der Waals surface area contributed by atoms with E-state index < -0.39 is 71.0 Å². The molecule has 0 unspecified atom stereocenters. The molecule has 0 saturated heterocycles. The first kappa shape index (κ1) is 27.3. The second-order valence-corrected chi connectivity index (χ2v) is 25.6. The van der Waals surface area contributed by atoms with Gasteiger partial charge in [0.15, 0.2) is 16.6 Å². The van der Waals surface area contributed by atoms with E-state index in [0.717, 1.165) is 0 Å². The highest BCUT2D eigenvalue weighted by atomic mass is 28.5. The Morgan fingerprint density at radius 3 is 1.15 bits per heavy atom. The van der Waals surface area contributed by atoms with E-state index in [1.54, 1.807) is 32.7 Å². The molecule has 0 amide bonds. The van der Waals surface area contributed by atoms with Crippen molar-refractivity contribution in [2.75, 3.05) is 0 Å². The maximum atomic E-state index is 12.9. The second-order valence-electron chi connectivity index (χ2n) is 9.07. The summed E-state index contributed by atoms with van der Waals surface area (Å²) in [6.45, 7) is 14.3. The summed E-state index contributed by atoms with van der Waals surface area (Å²) < 4.78 is 95.4. The summed E-state index contributed by atoms with van der Waals surface area (Å²) in [7, 11) is -11.3. The van der Waals surface area contributed by atoms with E-state index in [1.807, 2.05) is 19.6 Å². The van der Waals surface area contributed by atoms with E-state index >= 15 is 0 Å². The van der Waals surface area contributed by atoms with Gasteiger partial charge in [-0.25, -0.2) is 0 Å². The highest BCUT2D eigenvalue weighted by Crippen LogP contribution is 2.37. The largest absolute Gasteiger partial charge is 0.437 e. The zero-order chi connectivity index (χ0) is 21.9. The summed E-state index contributed by atoms with van der Waals surface area (Å²) in [5.41, 5.74) is 0. The van der Waals surface area contributed by atoms with E-state index in [0.29, 0.717) is 0 Å². The van der Waals surface area contributed by atoms with Crippen LogP contribution in [0.1, 0.15) is 12.8 Å². The van der Waals surface area contributed by atoms with Crippen LogP contribution in [-0.4, -0.2) is 46.1 Å². The Kier molecular flexibility index (Phi) is 9.11. The fraction of sp³-hybridized carbons (Fsp3) is 1.00. The molecule has 0 N–H and O–H groups in total. The van der Waals surface area contributed by atoms with Gasteiger partial charge in [0.25, 0.3) is 0 Å². The highest BCUT2D eigenvalue weighted by molar-refractivity contribution is 6.89. The fourth-order valence-corrected chi connectivity index (χ4v) is 21.0. The van der Waals surface area contributed by atoms with Crippen molar-refractivity contribution in [3.63, 3.8) is 0 Å². The lowest BCUT2D eigenvalue weighted by molar-refractivity contribution is -0.133. The van der Waals surface area contributed by atoms with Crippen LogP contribution >= 0.6 is 0 Å². The van der Waals surface area contributed by atoms with Crippen molar-refractivity contribution in [1.29, 1.82) is 0 Å². The first-order valence-corrected chi connectivity index (χ1v) is 20.6. The van der Waals surface area contributed by atoms with Crippen LogP contribution in [0.15, 0.2) is 0 Å². The number of alkyl halides is 6. The third kappa shape index (κ3) is 14.9. The number of halogens is 6. The second kappa shape index (κ2) is 9.00. The van der Waals surface area contributed by atoms with Gasteiger partial charge in [-0.15, -0.1) is 0 Å². The summed E-state index contributed by atoms with van der Waals surface area (Å²) >= 11 is 0. The van der Waals surface area contributed by atoms with E-state index in [4.69, 9.17) is 12.3 Å². The first-order valence-electron chi connectivity index (χ1n) is 8.77. The molecule has 164 valence electrons. The SMILES string of the molecule is C[Si](C)(C)O[Si](C)(C)O[Si](CCC(F)(F)F)(CCC(F)(F)F)O[Si](C)(C)C. The Bertz CT molecular complexity index is 451. The molecule has 0 saturated carbocycles. The molecule has 0 heterocycles. The van der Waals surface area contributed by atoms with Crippen LogP contribution in [0.4, 0.5) is 26.3 Å². The molecular formula is C14H32F6O3Si4. The molecule has 0 atom stereocenters. The smallest absolute Gasteiger partial charge is 0.389 e. The average molecular weight is 475 g/mol. The van der Waals surface area contributed by atoms with Crippen molar-refractivity contribution in [3.8, 4) is 0 Å². The van der Waals surface area contributed by atoms with Crippen LogP contribution in [0, 0.1) is 0 Å². The van der Waals surface area contributed by atoms with E-state index in [1.165, 1.54) is 0 Å². The van der Waals surface area contributed by atoms with Crippen LogP contribution in [0.3, 0.4) is 0 Å². The maximum Gasteiger partial charge on any atom is 0.389 e. The summed E-state index contributed by atoms with van der Waals surface area (Å²) in [6.07, 6.45) is -11.4. The summed E-state index contributed by atoms with van der Waals surface area (Å²) in [4.78, 5) is 0. The summed E-state index contributed by atoms with van der Waals surface area (Å²) in [6, 6.07) is -1.11. The van der Waals surface area contributed by atoms with Gasteiger partial charge in [0.2, 0.25) is 0 Å². The van der Waals surface area contributed by atoms with Gasteiger partial charge < -0.3 is 12.3 Å². The predicted octanol–water partition coefficient (Wildman–Crippen LogP) is 6.75. The summed E-state index contributed by atoms with van der Waals surface area (Å²) in [5, 5.41) is 0. The minimum Gasteiger partial charge on any atom is -0.437 e. The predicted molar refractivity (Wildman–Crippen MR) is 104 cm³/mol. The minimum absolute atomic E-state index is 0.553. The van der Waals surface area contributed by atoms with Gasteiger partial charge in [-0.05, 0) is 64.5 Å². The van der Waals surface area contributed by atoms with Crippen LogP contribution < -0.4 is 0 Å². The monoisotopic (exact) mass is 474 g/mol. The Labute approximate surface area is 162 Å². The van der Waals surface area contributed by atoms with Gasteiger partial charge in [-0.2, -0.15) is 26.3 Å². The number of rotatable bonds is 10. The van der Waals surface area contributed by atoms with Crippen molar-refractivity contribution in [2.45, 2.75) is 89.7 Å². The Morgan fingerprint density at radius 2 is 0.889 bits per heavy atom. The Morgan fingerprint density at radius 1 is 0.556 bits per heavy atom. The van der Waals surface area contributed by atoms with Gasteiger partial charge in [-0.3, -0.25) is 0 Å². The molecule has 0 fully saturated rings. The van der Waals surface area contributed by atoms with E-state index in [-0.39, 0.29) is 0 Å². The third-order valence-electron chi connectivity index (χ3n) is 3.05. The molecule has 3 nitrogen and oxygen atoms in total. The molecule has 0 rings (SSSR count). The zero-order valence-corrected chi connectivity index (χ0v) is 21.3. The van der Waals surface area contributed by atoms with Crippen molar-refractivity contribution in [3.05, 3.63) is 0 Å². The topological polar surface area (TPSA) is 27.7 Å². The Hall–Kier alpha value is 0.328. The van der Waals surface area contributed by atoms with Gasteiger partial charge in [-0.1, -0.05) is 0 Å². The molecule has 0 bridgehead atoms. The number of hydrogen-bond donors (Lipinski definition) is 0. The van der Waals surface area contributed by atoms with Gasteiger partial charge in [0.1, 0.15) is 0 Å². The molecule has 0 spiro atoms. The third-order valence-corrected chi connectivity index (χ3v) is 16.9. The normalized spacial score (nSPS) is 15.3. The molecule has 0 aliphatic heterocycles. The zero-order valence-electron chi connectivity index (χ0n) is 17.3. The van der Waals surface area contributed by atoms with Gasteiger partial charge >= 0.3 is 29.5 Å². The molecule has 13 heteroatoms. The standard InChI is InChI=1S/C14H32F6O3Si4/c1-24(2,3)21-26(7,8)23-27(22-25(4,5)6,11-9-13(15,16)17)12-10-14(18,19)20/h9-12H2,1-8H3. The highest BCUT2D eigenvalue weighted by Gasteiger charge is 2.51. The molecular weight excluding hydrogens is 442 g/mol.